The molecular weight excluding hydrogens is 627 g/mol. The van der Waals surface area contributed by atoms with Gasteiger partial charge >= 0.3 is 0 Å². The molecule has 0 bridgehead atoms. The first-order valence-electron chi connectivity index (χ1n) is 16.9. The van der Waals surface area contributed by atoms with Crippen LogP contribution in [0.1, 0.15) is 12.5 Å². The second kappa shape index (κ2) is 12.6. The standard InChI is InChI=1S/C46H31N3O2/c1-3-5-12-29(4-2)30-19-21-31(22-20-30)34-13-6-7-16-38(34)46-48-44(32-24-26-42-39(27-32)36-15-9-11-18-41(36)50-42)47-45(49-46)33-23-25-37-35-14-8-10-17-40(35)51-43(37)28-33/h3-28H,2H2,1H3/b5-3-,29-12+. The van der Waals surface area contributed by atoms with Crippen LogP contribution in [0.4, 0.5) is 0 Å². The average molecular weight is 658 g/mol. The van der Waals surface area contributed by atoms with Crippen LogP contribution in [-0.4, -0.2) is 15.0 Å². The van der Waals surface area contributed by atoms with Crippen molar-refractivity contribution in [3.05, 3.63) is 170 Å². The first-order chi connectivity index (χ1) is 25.2. The number of benzene rings is 6. The highest BCUT2D eigenvalue weighted by Gasteiger charge is 2.18. The van der Waals surface area contributed by atoms with E-state index in [4.69, 9.17) is 23.8 Å². The predicted octanol–water partition coefficient (Wildman–Crippen LogP) is 12.5. The Morgan fingerprint density at radius 1 is 0.510 bits per heavy atom. The van der Waals surface area contributed by atoms with E-state index >= 15 is 0 Å². The van der Waals surface area contributed by atoms with E-state index in [9.17, 15) is 0 Å². The van der Waals surface area contributed by atoms with Crippen LogP contribution in [0.5, 0.6) is 0 Å². The second-order valence-corrected chi connectivity index (χ2v) is 12.4. The van der Waals surface area contributed by atoms with Crippen LogP contribution in [0.2, 0.25) is 0 Å². The Bertz CT molecular complexity index is 2840. The van der Waals surface area contributed by atoms with Crippen molar-refractivity contribution in [1.29, 1.82) is 0 Å². The lowest BCUT2D eigenvalue weighted by atomic mass is 9.96. The van der Waals surface area contributed by atoms with E-state index in [0.29, 0.717) is 17.5 Å². The summed E-state index contributed by atoms with van der Waals surface area (Å²) in [5.74, 6) is 1.71. The fourth-order valence-electron chi connectivity index (χ4n) is 6.74. The quantitative estimate of drug-likeness (QED) is 0.160. The third-order valence-corrected chi connectivity index (χ3v) is 9.29. The van der Waals surface area contributed by atoms with Gasteiger partial charge < -0.3 is 8.83 Å². The first-order valence-corrected chi connectivity index (χ1v) is 16.9. The lowest BCUT2D eigenvalue weighted by Gasteiger charge is -2.13. The normalized spacial score (nSPS) is 12.1. The van der Waals surface area contributed by atoms with Gasteiger partial charge in [-0.15, -0.1) is 0 Å². The van der Waals surface area contributed by atoms with E-state index in [1.165, 1.54) is 0 Å². The Hall–Kier alpha value is -6.85. The lowest BCUT2D eigenvalue weighted by molar-refractivity contribution is 0.668. The van der Waals surface area contributed by atoms with Crippen LogP contribution in [0.3, 0.4) is 0 Å². The number of nitrogens with zero attached hydrogens (tertiary/aromatic N) is 3. The van der Waals surface area contributed by atoms with Crippen molar-refractivity contribution in [3.8, 4) is 45.3 Å². The summed E-state index contributed by atoms with van der Waals surface area (Å²) in [6, 6.07) is 45.2. The largest absolute Gasteiger partial charge is 0.456 e. The Morgan fingerprint density at radius 2 is 1.06 bits per heavy atom. The molecule has 5 nitrogen and oxygen atoms in total. The summed E-state index contributed by atoms with van der Waals surface area (Å²) in [4.78, 5) is 15.4. The van der Waals surface area contributed by atoms with Gasteiger partial charge in [-0.25, -0.2) is 15.0 Å². The van der Waals surface area contributed by atoms with E-state index < -0.39 is 0 Å². The summed E-state index contributed by atoms with van der Waals surface area (Å²) in [6.07, 6.45) is 7.98. The van der Waals surface area contributed by atoms with Crippen molar-refractivity contribution in [3.63, 3.8) is 0 Å². The summed E-state index contributed by atoms with van der Waals surface area (Å²) in [7, 11) is 0. The zero-order chi connectivity index (χ0) is 34.3. The Kier molecular flexibility index (Phi) is 7.44. The molecule has 51 heavy (non-hydrogen) atoms. The Balaban J connectivity index is 1.22. The van der Waals surface area contributed by atoms with Gasteiger partial charge in [0.1, 0.15) is 22.3 Å². The average Bonchev–Trinajstić information content (AvgIpc) is 3.76. The molecule has 0 spiro atoms. The minimum absolute atomic E-state index is 0.560. The molecule has 0 radical (unpaired) electrons. The van der Waals surface area contributed by atoms with Gasteiger partial charge in [-0.05, 0) is 71.7 Å². The van der Waals surface area contributed by atoms with E-state index in [1.54, 1.807) is 0 Å². The number of furan rings is 2. The fourth-order valence-corrected chi connectivity index (χ4v) is 6.74. The highest BCUT2D eigenvalue weighted by atomic mass is 16.3. The van der Waals surface area contributed by atoms with Crippen molar-refractivity contribution in [1.82, 2.24) is 15.0 Å². The van der Waals surface area contributed by atoms with Crippen LogP contribution in [0, 0.1) is 0 Å². The number of hydrogen-bond donors (Lipinski definition) is 0. The molecule has 6 aromatic carbocycles. The molecule has 9 aromatic rings. The van der Waals surface area contributed by atoms with Gasteiger partial charge in [-0.1, -0.05) is 122 Å². The number of para-hydroxylation sites is 2. The van der Waals surface area contributed by atoms with E-state index in [-0.39, 0.29) is 0 Å². The molecule has 0 unspecified atom stereocenters. The van der Waals surface area contributed by atoms with Crippen LogP contribution in [0.15, 0.2) is 173 Å². The molecule has 5 heteroatoms. The van der Waals surface area contributed by atoms with Gasteiger partial charge in [-0.2, -0.15) is 0 Å². The highest BCUT2D eigenvalue weighted by Crippen LogP contribution is 2.37. The third kappa shape index (κ3) is 5.42. The Labute approximate surface area is 294 Å². The maximum atomic E-state index is 6.26. The van der Waals surface area contributed by atoms with Crippen molar-refractivity contribution in [2.24, 2.45) is 0 Å². The van der Waals surface area contributed by atoms with Crippen LogP contribution >= 0.6 is 0 Å². The number of aromatic nitrogens is 3. The molecule has 3 heterocycles. The van der Waals surface area contributed by atoms with Gasteiger partial charge in [0, 0.05) is 38.2 Å². The molecule has 0 N–H and O–H groups in total. The monoisotopic (exact) mass is 657 g/mol. The second-order valence-electron chi connectivity index (χ2n) is 12.4. The van der Waals surface area contributed by atoms with E-state index in [0.717, 1.165) is 82.8 Å². The molecule has 0 aliphatic rings. The van der Waals surface area contributed by atoms with Crippen molar-refractivity contribution < 1.29 is 8.83 Å². The van der Waals surface area contributed by atoms with Crippen molar-refractivity contribution in [2.45, 2.75) is 6.92 Å². The maximum Gasteiger partial charge on any atom is 0.164 e. The van der Waals surface area contributed by atoms with E-state index in [1.807, 2.05) is 91.9 Å². The fraction of sp³-hybridized carbons (Fsp3) is 0.0217. The van der Waals surface area contributed by atoms with Crippen LogP contribution in [0.25, 0.3) is 94.7 Å². The molecule has 0 aliphatic carbocycles. The first kappa shape index (κ1) is 30.2. The number of allylic oxidation sites excluding steroid dienone is 5. The summed E-state index contributed by atoms with van der Waals surface area (Å²) in [5.41, 5.74) is 10.1. The van der Waals surface area contributed by atoms with Gasteiger partial charge in [0.05, 0.1) is 0 Å². The minimum Gasteiger partial charge on any atom is -0.456 e. The SMILES string of the molecule is C=C/C(=C\C=C/C)c1ccc(-c2ccccc2-c2nc(-c3ccc4c(c3)oc3ccccc34)nc(-c3ccc4oc5ccccc5c4c3)n2)cc1. The number of rotatable bonds is 7. The molecule has 242 valence electrons. The predicted molar refractivity (Wildman–Crippen MR) is 209 cm³/mol. The van der Waals surface area contributed by atoms with Gasteiger partial charge in [-0.3, -0.25) is 0 Å². The molecule has 9 rings (SSSR count). The highest BCUT2D eigenvalue weighted by molar-refractivity contribution is 6.07. The molecule has 0 saturated carbocycles. The summed E-state index contributed by atoms with van der Waals surface area (Å²) >= 11 is 0. The molecule has 3 aromatic heterocycles. The van der Waals surface area contributed by atoms with Gasteiger partial charge in [0.25, 0.3) is 0 Å². The summed E-state index contributed by atoms with van der Waals surface area (Å²) in [6.45, 7) is 6.02. The smallest absolute Gasteiger partial charge is 0.164 e. The van der Waals surface area contributed by atoms with Gasteiger partial charge in [0.15, 0.2) is 17.5 Å². The van der Waals surface area contributed by atoms with Crippen LogP contribution in [-0.2, 0) is 0 Å². The molecular formula is C46H31N3O2. The Morgan fingerprint density at radius 3 is 1.78 bits per heavy atom. The molecule has 0 amide bonds. The zero-order valence-corrected chi connectivity index (χ0v) is 27.9. The molecule has 0 aliphatic heterocycles. The number of hydrogen-bond acceptors (Lipinski definition) is 5. The maximum absolute atomic E-state index is 6.26. The van der Waals surface area contributed by atoms with Crippen LogP contribution < -0.4 is 0 Å². The third-order valence-electron chi connectivity index (χ3n) is 9.29. The minimum atomic E-state index is 0.560. The molecule has 0 fully saturated rings. The van der Waals surface area contributed by atoms with E-state index in [2.05, 4.69) is 79.4 Å². The van der Waals surface area contributed by atoms with Crippen molar-refractivity contribution >= 4 is 49.5 Å². The number of fused-ring (bicyclic) bond motifs is 6. The summed E-state index contributed by atoms with van der Waals surface area (Å²) in [5, 5.41) is 4.19. The zero-order valence-electron chi connectivity index (χ0n) is 27.9. The van der Waals surface area contributed by atoms with Crippen molar-refractivity contribution in [2.75, 3.05) is 0 Å². The van der Waals surface area contributed by atoms with Gasteiger partial charge in [0.2, 0.25) is 0 Å². The lowest BCUT2D eigenvalue weighted by Crippen LogP contribution is -2.01. The molecule has 0 saturated heterocycles. The topological polar surface area (TPSA) is 65.0 Å². The summed E-state index contributed by atoms with van der Waals surface area (Å²) < 4.78 is 12.4. The molecule has 0 atom stereocenters.